The van der Waals surface area contributed by atoms with Crippen molar-refractivity contribution < 1.29 is 9.18 Å². The third-order valence-corrected chi connectivity index (χ3v) is 3.89. The molecular formula is C21H23FN2O. The van der Waals surface area contributed by atoms with Crippen molar-refractivity contribution in [2.45, 2.75) is 32.2 Å². The van der Waals surface area contributed by atoms with Gasteiger partial charge in [-0.1, -0.05) is 30.9 Å². The molecule has 0 saturated heterocycles. The van der Waals surface area contributed by atoms with Gasteiger partial charge in [0.25, 0.3) is 5.91 Å². The second kappa shape index (κ2) is 9.52. The van der Waals surface area contributed by atoms with Gasteiger partial charge in [0, 0.05) is 24.0 Å². The number of benzene rings is 1. The molecule has 1 N–H and O–H groups in total. The summed E-state index contributed by atoms with van der Waals surface area (Å²) in [6.45, 7) is 5.64. The van der Waals surface area contributed by atoms with Crippen LogP contribution >= 0.6 is 0 Å². The van der Waals surface area contributed by atoms with Gasteiger partial charge in [-0.05, 0) is 61.6 Å². The van der Waals surface area contributed by atoms with Crippen LogP contribution in [0.25, 0.3) is 5.57 Å². The van der Waals surface area contributed by atoms with Crippen LogP contribution in [0.4, 0.5) is 4.39 Å². The lowest BCUT2D eigenvalue weighted by atomic mass is 10.0. The lowest BCUT2D eigenvalue weighted by Crippen LogP contribution is -2.33. The number of aromatic nitrogens is 1. The minimum atomic E-state index is -0.328. The number of halogens is 1. The number of hydrogen-bond donors (Lipinski definition) is 1. The Labute approximate surface area is 148 Å². The fraction of sp³-hybridized carbons (Fsp3) is 0.238. The first-order valence-electron chi connectivity index (χ1n) is 8.38. The first-order valence-corrected chi connectivity index (χ1v) is 8.38. The second-order valence-corrected chi connectivity index (χ2v) is 5.95. The van der Waals surface area contributed by atoms with Crippen LogP contribution in [-0.4, -0.2) is 16.9 Å². The maximum absolute atomic E-state index is 13.1. The average molecular weight is 338 g/mol. The standard InChI is InChI=1S/C21H23FN2O/c1-3-6-20(18-10-12-19(22)13-11-18)21(25)24-16(2)7-4-8-17-9-5-14-23-15-17/h3,5-6,9-16H,1,4,7-8H2,2H3,(H,24,25)/b20-6+. The van der Waals surface area contributed by atoms with Gasteiger partial charge in [0.1, 0.15) is 5.82 Å². The van der Waals surface area contributed by atoms with E-state index in [0.29, 0.717) is 11.1 Å². The molecule has 2 rings (SSSR count). The number of amides is 1. The molecule has 0 spiro atoms. The first-order chi connectivity index (χ1) is 12.1. The van der Waals surface area contributed by atoms with E-state index < -0.39 is 0 Å². The fourth-order valence-electron chi connectivity index (χ4n) is 2.58. The lowest BCUT2D eigenvalue weighted by Gasteiger charge is -2.15. The van der Waals surface area contributed by atoms with Gasteiger partial charge < -0.3 is 5.32 Å². The van der Waals surface area contributed by atoms with Crippen molar-refractivity contribution in [3.8, 4) is 0 Å². The molecule has 0 aliphatic carbocycles. The van der Waals surface area contributed by atoms with Crippen molar-refractivity contribution in [2.75, 3.05) is 0 Å². The van der Waals surface area contributed by atoms with Gasteiger partial charge in [-0.15, -0.1) is 0 Å². The third kappa shape index (κ3) is 5.99. The summed E-state index contributed by atoms with van der Waals surface area (Å²) in [7, 11) is 0. The largest absolute Gasteiger partial charge is 0.350 e. The van der Waals surface area contributed by atoms with Crippen molar-refractivity contribution in [3.63, 3.8) is 0 Å². The minimum absolute atomic E-state index is 0.0397. The van der Waals surface area contributed by atoms with E-state index in [-0.39, 0.29) is 17.8 Å². The Hall–Kier alpha value is -2.75. The summed E-state index contributed by atoms with van der Waals surface area (Å²) in [6, 6.07) is 9.89. The average Bonchev–Trinajstić information content (AvgIpc) is 2.61. The van der Waals surface area contributed by atoms with E-state index in [2.05, 4.69) is 22.9 Å². The van der Waals surface area contributed by atoms with Crippen LogP contribution < -0.4 is 5.32 Å². The van der Waals surface area contributed by atoms with Crippen LogP contribution in [-0.2, 0) is 11.2 Å². The molecule has 1 heterocycles. The number of carbonyl (C=O) groups is 1. The molecule has 1 aromatic heterocycles. The van der Waals surface area contributed by atoms with Gasteiger partial charge in [0.15, 0.2) is 0 Å². The van der Waals surface area contributed by atoms with E-state index in [9.17, 15) is 9.18 Å². The number of nitrogens with zero attached hydrogens (tertiary/aromatic N) is 1. The molecule has 3 nitrogen and oxygen atoms in total. The molecule has 25 heavy (non-hydrogen) atoms. The summed E-state index contributed by atoms with van der Waals surface area (Å²) in [5.74, 6) is -0.508. The van der Waals surface area contributed by atoms with E-state index in [1.54, 1.807) is 30.5 Å². The van der Waals surface area contributed by atoms with E-state index in [4.69, 9.17) is 0 Å². The van der Waals surface area contributed by atoms with Crippen LogP contribution in [0, 0.1) is 5.82 Å². The molecule has 1 atom stereocenters. The van der Waals surface area contributed by atoms with E-state index >= 15 is 0 Å². The Balaban J connectivity index is 1.90. The maximum Gasteiger partial charge on any atom is 0.252 e. The molecule has 2 aromatic rings. The lowest BCUT2D eigenvalue weighted by molar-refractivity contribution is -0.116. The Morgan fingerprint density at radius 1 is 1.32 bits per heavy atom. The quantitative estimate of drug-likeness (QED) is 0.575. The van der Waals surface area contributed by atoms with Gasteiger partial charge in [-0.25, -0.2) is 4.39 Å². The summed E-state index contributed by atoms with van der Waals surface area (Å²) >= 11 is 0. The number of aryl methyl sites for hydroxylation is 1. The van der Waals surface area contributed by atoms with Crippen molar-refractivity contribution in [1.29, 1.82) is 0 Å². The first kappa shape index (κ1) is 18.6. The molecule has 0 saturated carbocycles. The zero-order valence-corrected chi connectivity index (χ0v) is 14.4. The van der Waals surface area contributed by atoms with Gasteiger partial charge >= 0.3 is 0 Å². The summed E-state index contributed by atoms with van der Waals surface area (Å²) in [5, 5.41) is 3.00. The SMILES string of the molecule is C=C/C=C(/C(=O)NC(C)CCCc1cccnc1)c1ccc(F)cc1. The van der Waals surface area contributed by atoms with E-state index in [1.165, 1.54) is 17.7 Å². The Morgan fingerprint density at radius 3 is 2.72 bits per heavy atom. The molecule has 0 fully saturated rings. The smallest absolute Gasteiger partial charge is 0.252 e. The topological polar surface area (TPSA) is 42.0 Å². The highest BCUT2D eigenvalue weighted by molar-refractivity contribution is 6.19. The summed E-state index contributed by atoms with van der Waals surface area (Å²) in [5.41, 5.74) is 2.34. The Morgan fingerprint density at radius 2 is 2.08 bits per heavy atom. The minimum Gasteiger partial charge on any atom is -0.350 e. The van der Waals surface area contributed by atoms with Crippen LogP contribution in [0.5, 0.6) is 0 Å². The molecule has 1 amide bonds. The molecular weight excluding hydrogens is 315 g/mol. The molecule has 0 aliphatic heterocycles. The Bertz CT molecular complexity index is 723. The van der Waals surface area contributed by atoms with Crippen LogP contribution in [0.3, 0.4) is 0 Å². The zero-order chi connectivity index (χ0) is 18.1. The Kier molecular flexibility index (Phi) is 7.08. The number of hydrogen-bond acceptors (Lipinski definition) is 2. The zero-order valence-electron chi connectivity index (χ0n) is 14.4. The molecule has 0 aliphatic rings. The maximum atomic E-state index is 13.1. The van der Waals surface area contributed by atoms with Crippen molar-refractivity contribution >= 4 is 11.5 Å². The molecule has 1 unspecified atom stereocenters. The van der Waals surface area contributed by atoms with Gasteiger partial charge in [-0.3, -0.25) is 9.78 Å². The van der Waals surface area contributed by atoms with E-state index in [1.807, 2.05) is 19.2 Å². The number of allylic oxidation sites excluding steroid dienone is 2. The molecule has 0 radical (unpaired) electrons. The molecule has 0 bridgehead atoms. The molecule has 1 aromatic carbocycles. The number of carbonyl (C=O) groups excluding carboxylic acids is 1. The highest BCUT2D eigenvalue weighted by atomic mass is 19.1. The van der Waals surface area contributed by atoms with E-state index in [0.717, 1.165) is 19.3 Å². The normalized spacial score (nSPS) is 12.5. The van der Waals surface area contributed by atoms with Gasteiger partial charge in [0.2, 0.25) is 0 Å². The number of rotatable bonds is 8. The van der Waals surface area contributed by atoms with Crippen molar-refractivity contribution in [2.24, 2.45) is 0 Å². The summed E-state index contributed by atoms with van der Waals surface area (Å²) in [4.78, 5) is 16.6. The second-order valence-electron chi connectivity index (χ2n) is 5.95. The predicted molar refractivity (Wildman–Crippen MR) is 99.4 cm³/mol. The number of nitrogens with one attached hydrogen (secondary N) is 1. The summed E-state index contributed by atoms with van der Waals surface area (Å²) < 4.78 is 13.1. The highest BCUT2D eigenvalue weighted by Gasteiger charge is 2.14. The van der Waals surface area contributed by atoms with Crippen molar-refractivity contribution in [1.82, 2.24) is 10.3 Å². The van der Waals surface area contributed by atoms with Gasteiger partial charge in [0.05, 0.1) is 0 Å². The van der Waals surface area contributed by atoms with Crippen molar-refractivity contribution in [3.05, 3.63) is 84.5 Å². The number of pyridine rings is 1. The van der Waals surface area contributed by atoms with Crippen LogP contribution in [0.15, 0.2) is 67.5 Å². The third-order valence-electron chi connectivity index (χ3n) is 3.89. The molecule has 130 valence electrons. The predicted octanol–water partition coefficient (Wildman–Crippen LogP) is 4.32. The van der Waals surface area contributed by atoms with Crippen LogP contribution in [0.1, 0.15) is 30.9 Å². The van der Waals surface area contributed by atoms with Crippen LogP contribution in [0.2, 0.25) is 0 Å². The van der Waals surface area contributed by atoms with Gasteiger partial charge in [-0.2, -0.15) is 0 Å². The molecule has 4 heteroatoms. The fourth-order valence-corrected chi connectivity index (χ4v) is 2.58. The monoisotopic (exact) mass is 338 g/mol. The summed E-state index contributed by atoms with van der Waals surface area (Å²) in [6.07, 6.45) is 9.59. The highest BCUT2D eigenvalue weighted by Crippen LogP contribution is 2.16.